The number of carboxylic acids is 1. The number of carbonyl (C=O) groups is 1. The number of methoxy groups -OCH3 is 1. The van der Waals surface area contributed by atoms with Crippen LogP contribution in [0.2, 0.25) is 0 Å². The highest BCUT2D eigenvalue weighted by Gasteiger charge is 2.12. The zero-order chi connectivity index (χ0) is 13.8. The molecular weight excluding hydrogens is 260 g/mol. The third-order valence-electron chi connectivity index (χ3n) is 2.67. The standard InChI is InChI=1S/C15H14O3S/c1-10-3-6-12(7-4-10)19-14-8-5-11(18-2)9-13(14)15(16)17/h3-9H,1-2H3,(H,16,17). The highest BCUT2D eigenvalue weighted by atomic mass is 32.2. The van der Waals surface area contributed by atoms with Gasteiger partial charge in [-0.15, -0.1) is 0 Å². The van der Waals surface area contributed by atoms with Crippen molar-refractivity contribution >= 4 is 17.7 Å². The van der Waals surface area contributed by atoms with Gasteiger partial charge in [0.2, 0.25) is 0 Å². The van der Waals surface area contributed by atoms with E-state index in [-0.39, 0.29) is 5.56 Å². The summed E-state index contributed by atoms with van der Waals surface area (Å²) in [4.78, 5) is 13.0. The molecule has 0 saturated carbocycles. The van der Waals surface area contributed by atoms with Crippen molar-refractivity contribution in [2.45, 2.75) is 16.7 Å². The van der Waals surface area contributed by atoms with Gasteiger partial charge in [0, 0.05) is 9.79 Å². The van der Waals surface area contributed by atoms with Crippen molar-refractivity contribution in [3.05, 3.63) is 53.6 Å². The molecule has 0 fully saturated rings. The van der Waals surface area contributed by atoms with Crippen molar-refractivity contribution in [3.63, 3.8) is 0 Å². The summed E-state index contributed by atoms with van der Waals surface area (Å²) in [7, 11) is 1.52. The van der Waals surface area contributed by atoms with Gasteiger partial charge in [0.1, 0.15) is 5.75 Å². The van der Waals surface area contributed by atoms with Crippen LogP contribution in [0, 0.1) is 6.92 Å². The van der Waals surface area contributed by atoms with Gasteiger partial charge in [-0.1, -0.05) is 29.5 Å². The smallest absolute Gasteiger partial charge is 0.336 e. The third-order valence-corrected chi connectivity index (χ3v) is 3.75. The minimum Gasteiger partial charge on any atom is -0.497 e. The second-order valence-electron chi connectivity index (χ2n) is 4.08. The number of aryl methyl sites for hydroxylation is 1. The zero-order valence-corrected chi connectivity index (χ0v) is 11.5. The van der Waals surface area contributed by atoms with Crippen molar-refractivity contribution in [1.82, 2.24) is 0 Å². The Morgan fingerprint density at radius 1 is 1.16 bits per heavy atom. The van der Waals surface area contributed by atoms with E-state index >= 15 is 0 Å². The summed E-state index contributed by atoms with van der Waals surface area (Å²) < 4.78 is 5.05. The number of hydrogen-bond acceptors (Lipinski definition) is 3. The fraction of sp³-hybridized carbons (Fsp3) is 0.133. The van der Waals surface area contributed by atoms with E-state index in [0.717, 1.165) is 4.90 Å². The highest BCUT2D eigenvalue weighted by molar-refractivity contribution is 7.99. The Kier molecular flexibility index (Phi) is 4.12. The maximum Gasteiger partial charge on any atom is 0.336 e. The Morgan fingerprint density at radius 3 is 2.42 bits per heavy atom. The molecule has 0 aliphatic heterocycles. The predicted molar refractivity (Wildman–Crippen MR) is 75.3 cm³/mol. The molecule has 0 radical (unpaired) electrons. The molecular formula is C15H14O3S. The number of carboxylic acid groups (broad SMARTS) is 1. The number of rotatable bonds is 4. The molecule has 2 aromatic carbocycles. The van der Waals surface area contributed by atoms with Crippen LogP contribution in [0.3, 0.4) is 0 Å². The number of ether oxygens (including phenoxy) is 1. The zero-order valence-electron chi connectivity index (χ0n) is 10.7. The van der Waals surface area contributed by atoms with Crippen LogP contribution in [0.5, 0.6) is 5.75 Å². The van der Waals surface area contributed by atoms with Crippen LogP contribution in [-0.2, 0) is 0 Å². The van der Waals surface area contributed by atoms with Gasteiger partial charge in [0.15, 0.2) is 0 Å². The Labute approximate surface area is 116 Å². The van der Waals surface area contributed by atoms with Crippen molar-refractivity contribution in [3.8, 4) is 5.75 Å². The Hall–Kier alpha value is -1.94. The third kappa shape index (κ3) is 3.29. The maximum atomic E-state index is 11.3. The Bertz CT molecular complexity index is 591. The van der Waals surface area contributed by atoms with Crippen LogP contribution < -0.4 is 4.74 Å². The molecule has 2 rings (SSSR count). The van der Waals surface area contributed by atoms with Crippen molar-refractivity contribution in [1.29, 1.82) is 0 Å². The van der Waals surface area contributed by atoms with Crippen LogP contribution in [0.4, 0.5) is 0 Å². The average Bonchev–Trinajstić information content (AvgIpc) is 2.41. The molecule has 0 aromatic heterocycles. The van der Waals surface area contributed by atoms with Crippen LogP contribution in [-0.4, -0.2) is 18.2 Å². The van der Waals surface area contributed by atoms with E-state index < -0.39 is 5.97 Å². The summed E-state index contributed by atoms with van der Waals surface area (Å²) in [5.41, 5.74) is 1.43. The lowest BCUT2D eigenvalue weighted by Gasteiger charge is -2.08. The van der Waals surface area contributed by atoms with Crippen molar-refractivity contribution < 1.29 is 14.6 Å². The monoisotopic (exact) mass is 274 g/mol. The summed E-state index contributed by atoms with van der Waals surface area (Å²) in [6.07, 6.45) is 0. The van der Waals surface area contributed by atoms with Gasteiger partial charge in [-0.05, 0) is 37.3 Å². The largest absolute Gasteiger partial charge is 0.497 e. The van der Waals surface area contributed by atoms with Gasteiger partial charge in [-0.2, -0.15) is 0 Å². The van der Waals surface area contributed by atoms with Crippen LogP contribution >= 0.6 is 11.8 Å². The molecule has 0 spiro atoms. The Balaban J connectivity index is 2.33. The quantitative estimate of drug-likeness (QED) is 0.919. The molecule has 4 heteroatoms. The highest BCUT2D eigenvalue weighted by Crippen LogP contribution is 2.32. The van der Waals surface area contributed by atoms with Gasteiger partial charge < -0.3 is 9.84 Å². The minimum atomic E-state index is -0.950. The van der Waals surface area contributed by atoms with E-state index in [4.69, 9.17) is 4.74 Å². The molecule has 2 aromatic rings. The summed E-state index contributed by atoms with van der Waals surface area (Å²) in [6, 6.07) is 13.1. The lowest BCUT2D eigenvalue weighted by Crippen LogP contribution is -1.99. The molecule has 0 saturated heterocycles. The molecule has 3 nitrogen and oxygen atoms in total. The van der Waals surface area contributed by atoms with Gasteiger partial charge in [0.05, 0.1) is 12.7 Å². The van der Waals surface area contributed by atoms with Crippen molar-refractivity contribution in [2.75, 3.05) is 7.11 Å². The topological polar surface area (TPSA) is 46.5 Å². The van der Waals surface area contributed by atoms with Gasteiger partial charge in [0.25, 0.3) is 0 Å². The number of aromatic carboxylic acids is 1. The SMILES string of the molecule is COc1ccc(Sc2ccc(C)cc2)c(C(=O)O)c1. The normalized spacial score (nSPS) is 10.2. The molecule has 0 amide bonds. The first-order valence-corrected chi connectivity index (χ1v) is 6.57. The van der Waals surface area contributed by atoms with Gasteiger partial charge in [-0.3, -0.25) is 0 Å². The van der Waals surface area contributed by atoms with E-state index in [2.05, 4.69) is 0 Å². The molecule has 0 atom stereocenters. The van der Waals surface area contributed by atoms with Crippen LogP contribution in [0.15, 0.2) is 52.3 Å². The van der Waals surface area contributed by atoms with E-state index in [0.29, 0.717) is 10.6 Å². The number of hydrogen-bond donors (Lipinski definition) is 1. The molecule has 0 bridgehead atoms. The van der Waals surface area contributed by atoms with E-state index in [1.54, 1.807) is 18.2 Å². The fourth-order valence-corrected chi connectivity index (χ4v) is 2.54. The maximum absolute atomic E-state index is 11.3. The van der Waals surface area contributed by atoms with Gasteiger partial charge >= 0.3 is 5.97 Å². The lowest BCUT2D eigenvalue weighted by molar-refractivity contribution is 0.0692. The first-order chi connectivity index (χ1) is 9.10. The predicted octanol–water partition coefficient (Wildman–Crippen LogP) is 3.85. The lowest BCUT2D eigenvalue weighted by atomic mass is 10.2. The molecule has 0 unspecified atom stereocenters. The minimum absolute atomic E-state index is 0.255. The average molecular weight is 274 g/mol. The van der Waals surface area contributed by atoms with E-state index in [1.807, 2.05) is 31.2 Å². The van der Waals surface area contributed by atoms with Crippen LogP contribution in [0.25, 0.3) is 0 Å². The molecule has 0 aliphatic carbocycles. The fourth-order valence-electron chi connectivity index (χ4n) is 1.63. The van der Waals surface area contributed by atoms with Crippen molar-refractivity contribution in [2.24, 2.45) is 0 Å². The van der Waals surface area contributed by atoms with Gasteiger partial charge in [-0.25, -0.2) is 4.79 Å². The number of benzene rings is 2. The molecule has 1 N–H and O–H groups in total. The molecule has 0 aliphatic rings. The summed E-state index contributed by atoms with van der Waals surface area (Å²) >= 11 is 1.43. The first-order valence-electron chi connectivity index (χ1n) is 5.76. The summed E-state index contributed by atoms with van der Waals surface area (Å²) in [5, 5.41) is 9.24. The van der Waals surface area contributed by atoms with E-state index in [1.165, 1.54) is 24.4 Å². The van der Waals surface area contributed by atoms with E-state index in [9.17, 15) is 9.90 Å². The molecule has 98 valence electrons. The summed E-state index contributed by atoms with van der Waals surface area (Å²) in [5.74, 6) is -0.404. The second kappa shape index (κ2) is 5.80. The molecule has 0 heterocycles. The summed E-state index contributed by atoms with van der Waals surface area (Å²) in [6.45, 7) is 2.02. The molecule has 19 heavy (non-hydrogen) atoms. The Morgan fingerprint density at radius 2 is 1.84 bits per heavy atom. The first kappa shape index (κ1) is 13.5. The second-order valence-corrected chi connectivity index (χ2v) is 5.20. The van der Waals surface area contributed by atoms with Crippen LogP contribution in [0.1, 0.15) is 15.9 Å².